The second kappa shape index (κ2) is 7.13. The van der Waals surface area contributed by atoms with E-state index in [9.17, 15) is 4.79 Å². The monoisotopic (exact) mass is 389 g/mol. The normalized spacial score (nSPS) is 16.8. The van der Waals surface area contributed by atoms with Gasteiger partial charge in [0.05, 0.1) is 10.2 Å². The van der Waals surface area contributed by atoms with Crippen molar-refractivity contribution in [3.8, 4) is 0 Å². The number of aromatic nitrogens is 2. The van der Waals surface area contributed by atoms with Crippen molar-refractivity contribution in [3.05, 3.63) is 52.2 Å². The van der Waals surface area contributed by atoms with Crippen LogP contribution in [0.5, 0.6) is 0 Å². The Balaban J connectivity index is 1.41. The van der Waals surface area contributed by atoms with Gasteiger partial charge in [-0.25, -0.2) is 9.97 Å². The van der Waals surface area contributed by atoms with E-state index < -0.39 is 0 Å². The van der Waals surface area contributed by atoms with Crippen molar-refractivity contribution in [2.75, 3.05) is 5.32 Å². The number of benzene rings is 1. The molecule has 2 saturated carbocycles. The molecule has 0 amide bonds. The Morgan fingerprint density at radius 3 is 2.79 bits per heavy atom. The predicted octanol–water partition coefficient (Wildman–Crippen LogP) is 5.73. The first kappa shape index (κ1) is 17.6. The molecule has 0 bridgehead atoms. The molecule has 28 heavy (non-hydrogen) atoms. The highest BCUT2D eigenvalue weighted by atomic mass is 32.1. The van der Waals surface area contributed by atoms with E-state index in [1.165, 1.54) is 31.2 Å². The molecule has 0 atom stereocenters. The van der Waals surface area contributed by atoms with Crippen molar-refractivity contribution in [2.24, 2.45) is 5.92 Å². The Labute approximate surface area is 168 Å². The third-order valence-corrected chi connectivity index (χ3v) is 6.51. The summed E-state index contributed by atoms with van der Waals surface area (Å²) in [5, 5.41) is 5.62. The summed E-state index contributed by atoms with van der Waals surface area (Å²) in [6.45, 7) is 2.08. The standard InChI is InChI=1S/C23H23N3OS/c1-14-2-5-17(20(27)10-15-3-4-15)11-16(14)6-7-18-12-28-22-21(18)24-13-25-23(22)26-19-8-9-19/h2,5-7,11-13,15,19H,3-4,8-10H2,1H3,(H,24,25,26)/b7-6+. The van der Waals surface area contributed by atoms with Crippen LogP contribution in [0.4, 0.5) is 5.82 Å². The first-order valence-corrected chi connectivity index (χ1v) is 10.9. The summed E-state index contributed by atoms with van der Waals surface area (Å²) in [5.41, 5.74) is 5.16. The van der Waals surface area contributed by atoms with Gasteiger partial charge in [-0.15, -0.1) is 11.3 Å². The minimum Gasteiger partial charge on any atom is -0.366 e. The molecular weight excluding hydrogens is 366 g/mol. The van der Waals surface area contributed by atoms with Gasteiger partial charge >= 0.3 is 0 Å². The average Bonchev–Trinajstić information content (AvgIpc) is 3.62. The van der Waals surface area contributed by atoms with Crippen LogP contribution in [0, 0.1) is 12.8 Å². The van der Waals surface area contributed by atoms with Gasteiger partial charge < -0.3 is 5.32 Å². The molecule has 2 heterocycles. The topological polar surface area (TPSA) is 54.9 Å². The number of hydrogen-bond acceptors (Lipinski definition) is 5. The van der Waals surface area contributed by atoms with Crippen LogP contribution in [0.1, 0.15) is 59.2 Å². The van der Waals surface area contributed by atoms with Gasteiger partial charge in [0.15, 0.2) is 5.78 Å². The fourth-order valence-electron chi connectivity index (χ4n) is 3.39. The fourth-order valence-corrected chi connectivity index (χ4v) is 4.33. The van der Waals surface area contributed by atoms with Crippen LogP contribution in [0.25, 0.3) is 22.4 Å². The molecule has 5 rings (SSSR count). The Kier molecular flexibility index (Phi) is 4.47. The van der Waals surface area contributed by atoms with Gasteiger partial charge in [-0.05, 0) is 55.7 Å². The van der Waals surface area contributed by atoms with Gasteiger partial charge in [-0.1, -0.05) is 24.3 Å². The highest BCUT2D eigenvalue weighted by molar-refractivity contribution is 7.18. The minimum absolute atomic E-state index is 0.265. The molecule has 4 nitrogen and oxygen atoms in total. The number of thiophene rings is 1. The van der Waals surface area contributed by atoms with E-state index in [1.807, 2.05) is 18.2 Å². The molecule has 2 aromatic heterocycles. The van der Waals surface area contributed by atoms with Crippen LogP contribution in [-0.4, -0.2) is 21.8 Å². The molecule has 3 aromatic rings. The lowest BCUT2D eigenvalue weighted by atomic mass is 9.99. The lowest BCUT2D eigenvalue weighted by molar-refractivity contribution is 0.0976. The number of fused-ring (bicyclic) bond motifs is 1. The third-order valence-electron chi connectivity index (χ3n) is 5.51. The molecule has 1 N–H and O–H groups in total. The second-order valence-corrected chi connectivity index (χ2v) is 8.86. The number of Topliss-reactive ketones (excluding diaryl/α,β-unsaturated/α-hetero) is 1. The second-order valence-electron chi connectivity index (χ2n) is 7.99. The summed E-state index contributed by atoms with van der Waals surface area (Å²) in [4.78, 5) is 21.4. The van der Waals surface area contributed by atoms with Crippen LogP contribution in [0.15, 0.2) is 29.9 Å². The van der Waals surface area contributed by atoms with Gasteiger partial charge in [-0.2, -0.15) is 0 Å². The first-order chi connectivity index (χ1) is 13.7. The van der Waals surface area contributed by atoms with Crippen molar-refractivity contribution in [3.63, 3.8) is 0 Å². The van der Waals surface area contributed by atoms with Gasteiger partial charge in [0.2, 0.25) is 0 Å². The van der Waals surface area contributed by atoms with Crippen molar-refractivity contribution in [1.29, 1.82) is 0 Å². The van der Waals surface area contributed by atoms with Gasteiger partial charge in [0.25, 0.3) is 0 Å². The van der Waals surface area contributed by atoms with Crippen molar-refractivity contribution in [1.82, 2.24) is 9.97 Å². The summed E-state index contributed by atoms with van der Waals surface area (Å²) in [6.07, 6.45) is 11.4. The van der Waals surface area contributed by atoms with Crippen molar-refractivity contribution >= 4 is 45.3 Å². The summed E-state index contributed by atoms with van der Waals surface area (Å²) in [5.74, 6) is 1.82. The summed E-state index contributed by atoms with van der Waals surface area (Å²) in [7, 11) is 0. The lowest BCUT2D eigenvalue weighted by Gasteiger charge is -2.05. The Morgan fingerprint density at radius 2 is 2.00 bits per heavy atom. The molecule has 2 aliphatic rings. The molecule has 0 saturated heterocycles. The SMILES string of the molecule is Cc1ccc(C(=O)CC2CC2)cc1/C=C/c1csc2c(NC3CC3)ncnc12. The maximum absolute atomic E-state index is 12.5. The van der Waals surface area contributed by atoms with Crippen LogP contribution >= 0.6 is 11.3 Å². The summed E-state index contributed by atoms with van der Waals surface area (Å²) >= 11 is 1.68. The maximum atomic E-state index is 12.5. The van der Waals surface area contributed by atoms with E-state index >= 15 is 0 Å². The molecule has 0 radical (unpaired) electrons. The predicted molar refractivity (Wildman–Crippen MR) is 116 cm³/mol. The van der Waals surface area contributed by atoms with E-state index in [2.05, 4.69) is 39.7 Å². The minimum atomic E-state index is 0.265. The third kappa shape index (κ3) is 3.72. The van der Waals surface area contributed by atoms with Crippen LogP contribution in [0.3, 0.4) is 0 Å². The molecule has 0 spiro atoms. The number of hydrogen-bond donors (Lipinski definition) is 1. The number of carbonyl (C=O) groups is 1. The molecule has 2 fully saturated rings. The molecule has 5 heteroatoms. The first-order valence-electron chi connectivity index (χ1n) is 9.98. The largest absolute Gasteiger partial charge is 0.366 e. The lowest BCUT2D eigenvalue weighted by Crippen LogP contribution is -2.03. The van der Waals surface area contributed by atoms with Crippen molar-refractivity contribution in [2.45, 2.75) is 45.1 Å². The molecule has 142 valence electrons. The smallest absolute Gasteiger partial charge is 0.163 e. The number of nitrogens with one attached hydrogen (secondary N) is 1. The number of aryl methyl sites for hydroxylation is 1. The van der Waals surface area contributed by atoms with E-state index in [1.54, 1.807) is 17.7 Å². The highest BCUT2D eigenvalue weighted by Gasteiger charge is 2.25. The number of carbonyl (C=O) groups excluding carboxylic acids is 1. The zero-order chi connectivity index (χ0) is 19.1. The van der Waals surface area contributed by atoms with Crippen LogP contribution < -0.4 is 5.32 Å². The molecule has 1 aromatic carbocycles. The Hall–Kier alpha value is -2.53. The van der Waals surface area contributed by atoms with Crippen LogP contribution in [-0.2, 0) is 0 Å². The number of ketones is 1. The average molecular weight is 390 g/mol. The summed E-state index contributed by atoms with van der Waals surface area (Å²) < 4.78 is 1.11. The molecule has 0 aliphatic heterocycles. The summed E-state index contributed by atoms with van der Waals surface area (Å²) in [6, 6.07) is 6.60. The zero-order valence-corrected chi connectivity index (χ0v) is 16.8. The molecule has 2 aliphatic carbocycles. The quantitative estimate of drug-likeness (QED) is 0.525. The number of anilines is 1. The highest BCUT2D eigenvalue weighted by Crippen LogP contribution is 2.35. The molecule has 0 unspecified atom stereocenters. The maximum Gasteiger partial charge on any atom is 0.163 e. The van der Waals surface area contributed by atoms with Gasteiger partial charge in [-0.3, -0.25) is 4.79 Å². The van der Waals surface area contributed by atoms with E-state index in [0.29, 0.717) is 18.4 Å². The number of nitrogens with zero attached hydrogens (tertiary/aromatic N) is 2. The van der Waals surface area contributed by atoms with Gasteiger partial charge in [0.1, 0.15) is 12.1 Å². The zero-order valence-electron chi connectivity index (χ0n) is 15.9. The fraction of sp³-hybridized carbons (Fsp3) is 0.348. The molecular formula is C23H23N3OS. The van der Waals surface area contributed by atoms with E-state index in [0.717, 1.165) is 32.7 Å². The van der Waals surface area contributed by atoms with Gasteiger partial charge in [0, 0.05) is 29.0 Å². The van der Waals surface area contributed by atoms with Crippen LogP contribution in [0.2, 0.25) is 0 Å². The Morgan fingerprint density at radius 1 is 1.18 bits per heavy atom. The van der Waals surface area contributed by atoms with Crippen molar-refractivity contribution < 1.29 is 4.79 Å². The number of rotatable bonds is 7. The van der Waals surface area contributed by atoms with E-state index in [4.69, 9.17) is 0 Å². The van der Waals surface area contributed by atoms with E-state index in [-0.39, 0.29) is 5.78 Å². The Bertz CT molecular complexity index is 1080.